The lowest BCUT2D eigenvalue weighted by Crippen LogP contribution is -2.46. The normalized spacial score (nSPS) is 29.4. The van der Waals surface area contributed by atoms with Crippen LogP contribution < -0.4 is 10.6 Å². The van der Waals surface area contributed by atoms with Crippen molar-refractivity contribution in [2.45, 2.75) is 40.2 Å². The lowest BCUT2D eigenvalue weighted by Gasteiger charge is -2.43. The molecule has 1 aromatic carbocycles. The Morgan fingerprint density at radius 1 is 1.24 bits per heavy atom. The molecule has 2 N–H and O–H groups in total. The van der Waals surface area contributed by atoms with E-state index in [2.05, 4.69) is 44.7 Å². The summed E-state index contributed by atoms with van der Waals surface area (Å²) in [7, 11) is 0. The molecule has 1 fully saturated rings. The maximum Gasteiger partial charge on any atom is 0.0605 e. The second kappa shape index (κ2) is 4.59. The maximum absolute atomic E-state index is 6.13. The molecule has 2 rings (SSSR count). The van der Waals surface area contributed by atoms with E-state index in [1.807, 2.05) is 6.07 Å². The molecule has 0 spiro atoms. The fourth-order valence-electron chi connectivity index (χ4n) is 2.94. The molecule has 1 aliphatic heterocycles. The Bertz CT molecular complexity index is 400. The average molecular weight is 232 g/mol. The fraction of sp³-hybridized carbons (Fsp3) is 0.600. The van der Waals surface area contributed by atoms with Crippen LogP contribution in [0.25, 0.3) is 0 Å². The van der Waals surface area contributed by atoms with Crippen LogP contribution in [-0.4, -0.2) is 12.6 Å². The summed E-state index contributed by atoms with van der Waals surface area (Å²) in [6.07, 6.45) is 1.32. The fourth-order valence-corrected chi connectivity index (χ4v) is 2.94. The van der Waals surface area contributed by atoms with E-state index in [1.165, 1.54) is 17.7 Å². The SMILES string of the molecule is Cc1ccc(N)c(N2CC(C)CC(C)C2C)c1. The summed E-state index contributed by atoms with van der Waals surface area (Å²) in [6.45, 7) is 10.3. The van der Waals surface area contributed by atoms with Crippen LogP contribution in [-0.2, 0) is 0 Å². The number of aryl methyl sites for hydroxylation is 1. The van der Waals surface area contributed by atoms with Gasteiger partial charge in [-0.2, -0.15) is 0 Å². The molecule has 1 heterocycles. The molecule has 94 valence electrons. The molecule has 0 radical (unpaired) electrons. The van der Waals surface area contributed by atoms with E-state index in [1.54, 1.807) is 0 Å². The van der Waals surface area contributed by atoms with Crippen molar-refractivity contribution < 1.29 is 0 Å². The molecule has 2 nitrogen and oxygen atoms in total. The van der Waals surface area contributed by atoms with Crippen LogP contribution >= 0.6 is 0 Å². The van der Waals surface area contributed by atoms with Crippen molar-refractivity contribution in [2.24, 2.45) is 11.8 Å². The summed E-state index contributed by atoms with van der Waals surface area (Å²) in [5.41, 5.74) is 9.54. The van der Waals surface area contributed by atoms with E-state index in [-0.39, 0.29) is 0 Å². The van der Waals surface area contributed by atoms with Gasteiger partial charge < -0.3 is 10.6 Å². The van der Waals surface area contributed by atoms with Crippen LogP contribution in [0, 0.1) is 18.8 Å². The molecule has 0 aliphatic carbocycles. The summed E-state index contributed by atoms with van der Waals surface area (Å²) in [4.78, 5) is 2.49. The quantitative estimate of drug-likeness (QED) is 0.751. The number of nitrogens with two attached hydrogens (primary N) is 1. The molecule has 2 heteroatoms. The standard InChI is InChI=1S/C15H24N2/c1-10-5-6-14(16)15(8-10)17-9-11(2)7-12(3)13(17)4/h5-6,8,11-13H,7,9,16H2,1-4H3. The van der Waals surface area contributed by atoms with Crippen LogP contribution in [0.15, 0.2) is 18.2 Å². The number of anilines is 2. The number of nitrogens with zero attached hydrogens (tertiary/aromatic N) is 1. The first-order chi connectivity index (χ1) is 7.99. The summed E-state index contributed by atoms with van der Waals surface area (Å²) in [5, 5.41) is 0. The van der Waals surface area contributed by atoms with Crippen LogP contribution in [0.1, 0.15) is 32.8 Å². The van der Waals surface area contributed by atoms with Crippen molar-refractivity contribution in [3.8, 4) is 0 Å². The zero-order chi connectivity index (χ0) is 12.6. The summed E-state index contributed by atoms with van der Waals surface area (Å²) < 4.78 is 0. The van der Waals surface area contributed by atoms with Crippen LogP contribution in [0.2, 0.25) is 0 Å². The Labute approximate surface area is 105 Å². The minimum Gasteiger partial charge on any atom is -0.397 e. The lowest BCUT2D eigenvalue weighted by atomic mass is 9.85. The predicted molar refractivity (Wildman–Crippen MR) is 75.3 cm³/mol. The maximum atomic E-state index is 6.13. The lowest BCUT2D eigenvalue weighted by molar-refractivity contribution is 0.297. The van der Waals surface area contributed by atoms with Gasteiger partial charge in [0.2, 0.25) is 0 Å². The number of rotatable bonds is 1. The van der Waals surface area contributed by atoms with Crippen molar-refractivity contribution >= 4 is 11.4 Å². The van der Waals surface area contributed by atoms with E-state index in [4.69, 9.17) is 5.73 Å². The average Bonchev–Trinajstić information content (AvgIpc) is 2.27. The number of piperidine rings is 1. The molecule has 1 aromatic rings. The Hall–Kier alpha value is -1.18. The Kier molecular flexibility index (Phi) is 3.32. The first kappa shape index (κ1) is 12.3. The van der Waals surface area contributed by atoms with Gasteiger partial charge in [-0.3, -0.25) is 0 Å². The topological polar surface area (TPSA) is 29.3 Å². The molecule has 3 unspecified atom stereocenters. The molecular weight excluding hydrogens is 208 g/mol. The molecule has 1 saturated heterocycles. The largest absolute Gasteiger partial charge is 0.397 e. The van der Waals surface area contributed by atoms with E-state index in [9.17, 15) is 0 Å². The van der Waals surface area contributed by atoms with Crippen molar-refractivity contribution in [3.05, 3.63) is 23.8 Å². The molecule has 0 saturated carbocycles. The van der Waals surface area contributed by atoms with Crippen LogP contribution in [0.5, 0.6) is 0 Å². The monoisotopic (exact) mass is 232 g/mol. The summed E-state index contributed by atoms with van der Waals surface area (Å²) in [5.74, 6) is 1.49. The first-order valence-electron chi connectivity index (χ1n) is 6.61. The van der Waals surface area contributed by atoms with E-state index in [0.717, 1.165) is 24.1 Å². The van der Waals surface area contributed by atoms with Gasteiger partial charge in [0, 0.05) is 12.6 Å². The van der Waals surface area contributed by atoms with Crippen LogP contribution in [0.4, 0.5) is 11.4 Å². The molecule has 17 heavy (non-hydrogen) atoms. The minimum atomic E-state index is 0.579. The van der Waals surface area contributed by atoms with E-state index >= 15 is 0 Å². The van der Waals surface area contributed by atoms with Gasteiger partial charge in [0.25, 0.3) is 0 Å². The third-order valence-corrected chi connectivity index (χ3v) is 4.09. The molecule has 0 bridgehead atoms. The van der Waals surface area contributed by atoms with Gasteiger partial charge in [0.15, 0.2) is 0 Å². The van der Waals surface area contributed by atoms with E-state index in [0.29, 0.717) is 6.04 Å². The summed E-state index contributed by atoms with van der Waals surface area (Å²) in [6, 6.07) is 6.91. The highest BCUT2D eigenvalue weighted by molar-refractivity contribution is 5.69. The Balaban J connectivity index is 2.34. The number of nitrogen functional groups attached to an aromatic ring is 1. The van der Waals surface area contributed by atoms with Gasteiger partial charge in [-0.15, -0.1) is 0 Å². The second-order valence-corrected chi connectivity index (χ2v) is 5.77. The Morgan fingerprint density at radius 2 is 1.94 bits per heavy atom. The van der Waals surface area contributed by atoms with E-state index < -0.39 is 0 Å². The van der Waals surface area contributed by atoms with Gasteiger partial charge in [0.1, 0.15) is 0 Å². The van der Waals surface area contributed by atoms with Crippen molar-refractivity contribution in [2.75, 3.05) is 17.2 Å². The molecular formula is C15H24N2. The zero-order valence-corrected chi connectivity index (χ0v) is 11.4. The third kappa shape index (κ3) is 2.41. The highest BCUT2D eigenvalue weighted by atomic mass is 15.2. The predicted octanol–water partition coefficient (Wildman–Crippen LogP) is 3.45. The van der Waals surface area contributed by atoms with Gasteiger partial charge in [-0.25, -0.2) is 0 Å². The smallest absolute Gasteiger partial charge is 0.0605 e. The van der Waals surface area contributed by atoms with Gasteiger partial charge >= 0.3 is 0 Å². The van der Waals surface area contributed by atoms with Gasteiger partial charge in [0.05, 0.1) is 11.4 Å². The van der Waals surface area contributed by atoms with Crippen LogP contribution in [0.3, 0.4) is 0 Å². The van der Waals surface area contributed by atoms with Crippen molar-refractivity contribution in [3.63, 3.8) is 0 Å². The molecule has 0 aromatic heterocycles. The van der Waals surface area contributed by atoms with Crippen molar-refractivity contribution in [1.82, 2.24) is 0 Å². The number of benzene rings is 1. The second-order valence-electron chi connectivity index (χ2n) is 5.77. The third-order valence-electron chi connectivity index (χ3n) is 4.09. The minimum absolute atomic E-state index is 0.579. The number of hydrogen-bond acceptors (Lipinski definition) is 2. The molecule has 1 aliphatic rings. The number of hydrogen-bond donors (Lipinski definition) is 1. The molecule has 3 atom stereocenters. The Morgan fingerprint density at radius 3 is 2.65 bits per heavy atom. The van der Waals surface area contributed by atoms with Crippen molar-refractivity contribution in [1.29, 1.82) is 0 Å². The van der Waals surface area contributed by atoms with Gasteiger partial charge in [-0.1, -0.05) is 19.9 Å². The molecule has 0 amide bonds. The zero-order valence-electron chi connectivity index (χ0n) is 11.4. The first-order valence-corrected chi connectivity index (χ1v) is 6.61. The highest BCUT2D eigenvalue weighted by Gasteiger charge is 2.29. The summed E-state index contributed by atoms with van der Waals surface area (Å²) >= 11 is 0. The highest BCUT2D eigenvalue weighted by Crippen LogP contribution is 2.34. The van der Waals surface area contributed by atoms with Gasteiger partial charge in [-0.05, 0) is 49.8 Å².